The molecule has 2 heterocycles. The first-order chi connectivity index (χ1) is 18.9. The second-order valence-electron chi connectivity index (χ2n) is 10.6. The second kappa shape index (κ2) is 15.5. The van der Waals surface area contributed by atoms with Crippen molar-refractivity contribution in [3.8, 4) is 5.95 Å². The van der Waals surface area contributed by atoms with Crippen LogP contribution in [-0.2, 0) is 9.47 Å². The fourth-order valence-corrected chi connectivity index (χ4v) is 4.58. The molecular formula is C31H46O9. The number of hydrogen-bond donors (Lipinski definition) is 4. The van der Waals surface area contributed by atoms with Gasteiger partial charge in [-0.3, -0.25) is 4.79 Å². The van der Waals surface area contributed by atoms with E-state index in [9.17, 15) is 25.2 Å². The van der Waals surface area contributed by atoms with Crippen molar-refractivity contribution in [3.63, 3.8) is 0 Å². The molecule has 1 aliphatic heterocycles. The minimum Gasteiger partial charge on any atom is -0.468 e. The summed E-state index contributed by atoms with van der Waals surface area (Å²) < 4.78 is 22.5. The molecular weight excluding hydrogens is 516 g/mol. The molecule has 0 amide bonds. The van der Waals surface area contributed by atoms with Crippen molar-refractivity contribution in [2.75, 3.05) is 13.7 Å². The topological polar surface area (TPSA) is 139 Å². The first-order valence-corrected chi connectivity index (χ1v) is 13.7. The van der Waals surface area contributed by atoms with Crippen LogP contribution in [0.5, 0.6) is 5.95 Å². The third-order valence-electron chi connectivity index (χ3n) is 7.25. The van der Waals surface area contributed by atoms with Crippen LogP contribution in [0.3, 0.4) is 0 Å². The van der Waals surface area contributed by atoms with Gasteiger partial charge in [-0.05, 0) is 58.6 Å². The average molecular weight is 563 g/mol. The largest absolute Gasteiger partial charge is 0.468 e. The van der Waals surface area contributed by atoms with Crippen LogP contribution in [0.2, 0.25) is 0 Å². The van der Waals surface area contributed by atoms with E-state index in [2.05, 4.69) is 19.1 Å². The zero-order valence-electron chi connectivity index (χ0n) is 24.8. The van der Waals surface area contributed by atoms with E-state index in [-0.39, 0.29) is 23.2 Å². The minimum atomic E-state index is -1.50. The number of allylic oxidation sites excluding steroid dienone is 5. The standard InChI is InChI=1S/C31H46O9/c1-9-19(4)29(40-31-28(36)27(35)26(34)24(16-32)39-31)20(5)15-18(3)12-10-11-17(2)13-14-23-21(6)25(33)22(7)30(37-8)38-23/h9-10,12-15,17,20,24,26-29,31-32,34-36H,11,16H2,1-8H3/b12-10+,14-13+,18-15+,19-9+/t17?,20-,24-,26-,27+,28-,29+,31+/m1/s1. The fraction of sp³-hybridized carbons (Fsp3) is 0.581. The van der Waals surface area contributed by atoms with Crippen LogP contribution in [0, 0.1) is 25.7 Å². The number of methoxy groups -OCH3 is 1. The molecule has 1 aliphatic rings. The Hall–Kier alpha value is -2.53. The van der Waals surface area contributed by atoms with Crippen LogP contribution in [0.25, 0.3) is 6.08 Å². The Balaban J connectivity index is 2.07. The van der Waals surface area contributed by atoms with E-state index in [1.54, 1.807) is 13.8 Å². The summed E-state index contributed by atoms with van der Waals surface area (Å²) in [5, 5.41) is 40.1. The molecule has 1 fully saturated rings. The summed E-state index contributed by atoms with van der Waals surface area (Å²) in [6.07, 6.45) is 5.50. The van der Waals surface area contributed by atoms with Crippen molar-refractivity contribution in [1.29, 1.82) is 0 Å². The van der Waals surface area contributed by atoms with E-state index in [0.29, 0.717) is 16.9 Å². The van der Waals surface area contributed by atoms with Gasteiger partial charge in [0.25, 0.3) is 5.95 Å². The van der Waals surface area contributed by atoms with E-state index in [4.69, 9.17) is 18.6 Å². The third kappa shape index (κ3) is 8.49. The Kier molecular flexibility index (Phi) is 13.0. The third-order valence-corrected chi connectivity index (χ3v) is 7.25. The molecule has 1 saturated heterocycles. The molecule has 1 aromatic heterocycles. The van der Waals surface area contributed by atoms with Gasteiger partial charge in [0, 0.05) is 11.5 Å². The molecule has 0 saturated carbocycles. The van der Waals surface area contributed by atoms with Gasteiger partial charge < -0.3 is 39.1 Å². The maximum atomic E-state index is 12.4. The molecule has 0 aliphatic carbocycles. The summed E-state index contributed by atoms with van der Waals surface area (Å²) in [6.45, 7) is 12.7. The van der Waals surface area contributed by atoms with Gasteiger partial charge in [-0.2, -0.15) is 0 Å². The molecule has 8 atom stereocenters. The maximum Gasteiger partial charge on any atom is 0.291 e. The Morgan fingerprint density at radius 1 is 1.07 bits per heavy atom. The zero-order chi connectivity index (χ0) is 30.1. The first-order valence-electron chi connectivity index (χ1n) is 13.7. The summed E-state index contributed by atoms with van der Waals surface area (Å²) in [5.74, 6) is 0.775. The van der Waals surface area contributed by atoms with Gasteiger partial charge >= 0.3 is 0 Å². The molecule has 0 bridgehead atoms. The van der Waals surface area contributed by atoms with Gasteiger partial charge in [0.2, 0.25) is 0 Å². The average Bonchev–Trinajstić information content (AvgIpc) is 2.93. The van der Waals surface area contributed by atoms with E-state index in [1.807, 2.05) is 52.0 Å². The smallest absolute Gasteiger partial charge is 0.291 e. The van der Waals surface area contributed by atoms with E-state index in [1.165, 1.54) is 7.11 Å². The normalized spacial score (nSPS) is 26.9. The van der Waals surface area contributed by atoms with E-state index >= 15 is 0 Å². The predicted molar refractivity (Wildman–Crippen MR) is 154 cm³/mol. The fourth-order valence-electron chi connectivity index (χ4n) is 4.58. The van der Waals surface area contributed by atoms with Gasteiger partial charge in [-0.25, -0.2) is 0 Å². The van der Waals surface area contributed by atoms with E-state index in [0.717, 1.165) is 17.6 Å². The molecule has 9 nitrogen and oxygen atoms in total. The minimum absolute atomic E-state index is 0.0906. The van der Waals surface area contributed by atoms with Crippen LogP contribution < -0.4 is 10.2 Å². The summed E-state index contributed by atoms with van der Waals surface area (Å²) in [4.78, 5) is 12.4. The maximum absolute atomic E-state index is 12.4. The molecule has 224 valence electrons. The molecule has 40 heavy (non-hydrogen) atoms. The molecule has 9 heteroatoms. The molecule has 0 radical (unpaired) electrons. The van der Waals surface area contributed by atoms with Crippen LogP contribution >= 0.6 is 0 Å². The van der Waals surface area contributed by atoms with Gasteiger partial charge in [0.15, 0.2) is 11.7 Å². The summed E-state index contributed by atoms with van der Waals surface area (Å²) in [7, 11) is 1.47. The number of aliphatic hydroxyl groups excluding tert-OH is 4. The number of ether oxygens (including phenoxy) is 3. The first kappa shape index (κ1) is 33.7. The highest BCUT2D eigenvalue weighted by atomic mass is 16.7. The molecule has 0 spiro atoms. The highest BCUT2D eigenvalue weighted by Crippen LogP contribution is 2.28. The quantitative estimate of drug-likeness (QED) is 0.222. The van der Waals surface area contributed by atoms with Crippen molar-refractivity contribution in [2.24, 2.45) is 11.8 Å². The Morgan fingerprint density at radius 2 is 1.75 bits per heavy atom. The highest BCUT2D eigenvalue weighted by Gasteiger charge is 2.45. The SMILES string of the molecule is C/C=C(\C)[C@H](O[C@@H]1O[C@H](CO)[C@@H](O)[C@H](O)[C@H]1O)[C@H](C)/C=C(C)/C=C/CC(C)/C=C/c1oc(OC)c(C)c(=O)c1C. The molecule has 1 aromatic rings. The van der Waals surface area contributed by atoms with Crippen molar-refractivity contribution in [2.45, 2.75) is 91.7 Å². The Morgan fingerprint density at radius 3 is 2.35 bits per heavy atom. The summed E-state index contributed by atoms with van der Waals surface area (Å²) in [5.41, 5.74) is 2.83. The molecule has 4 N–H and O–H groups in total. The van der Waals surface area contributed by atoms with Crippen molar-refractivity contribution in [1.82, 2.24) is 0 Å². The van der Waals surface area contributed by atoms with Crippen molar-refractivity contribution < 1.29 is 39.1 Å². The predicted octanol–water partition coefficient (Wildman–Crippen LogP) is 3.59. The molecule has 2 rings (SSSR count). The van der Waals surface area contributed by atoms with Crippen LogP contribution in [0.15, 0.2) is 50.7 Å². The lowest BCUT2D eigenvalue weighted by molar-refractivity contribution is -0.310. The molecule has 0 aromatic carbocycles. The number of rotatable bonds is 12. The van der Waals surface area contributed by atoms with Crippen LogP contribution in [0.4, 0.5) is 0 Å². The second-order valence-corrected chi connectivity index (χ2v) is 10.6. The van der Waals surface area contributed by atoms with E-state index < -0.39 is 43.4 Å². The Bertz CT molecular complexity index is 1140. The van der Waals surface area contributed by atoms with Crippen LogP contribution in [0.1, 0.15) is 57.9 Å². The lowest BCUT2D eigenvalue weighted by Crippen LogP contribution is -2.60. The Labute approximate surface area is 237 Å². The summed E-state index contributed by atoms with van der Waals surface area (Å²) in [6, 6.07) is 0. The molecule has 1 unspecified atom stereocenters. The lowest BCUT2D eigenvalue weighted by atomic mass is 9.94. The van der Waals surface area contributed by atoms with Gasteiger partial charge in [0.05, 0.1) is 25.4 Å². The van der Waals surface area contributed by atoms with Crippen molar-refractivity contribution >= 4 is 6.08 Å². The number of hydrogen-bond acceptors (Lipinski definition) is 9. The number of aliphatic hydroxyl groups is 4. The van der Waals surface area contributed by atoms with Gasteiger partial charge in [-0.1, -0.05) is 49.8 Å². The van der Waals surface area contributed by atoms with Crippen molar-refractivity contribution in [3.05, 3.63) is 68.6 Å². The van der Waals surface area contributed by atoms with Gasteiger partial charge in [-0.15, -0.1) is 0 Å². The monoisotopic (exact) mass is 562 g/mol. The highest BCUT2D eigenvalue weighted by molar-refractivity contribution is 5.49. The van der Waals surface area contributed by atoms with Crippen LogP contribution in [-0.4, -0.2) is 71.0 Å². The van der Waals surface area contributed by atoms with Gasteiger partial charge in [0.1, 0.15) is 30.2 Å². The summed E-state index contributed by atoms with van der Waals surface area (Å²) >= 11 is 0. The zero-order valence-corrected chi connectivity index (χ0v) is 24.8. The lowest BCUT2D eigenvalue weighted by Gasteiger charge is -2.41.